The summed E-state index contributed by atoms with van der Waals surface area (Å²) in [6, 6.07) is 19.8. The number of carbonyl (C=O) groups is 1. The lowest BCUT2D eigenvalue weighted by Crippen LogP contribution is -2.39. The highest BCUT2D eigenvalue weighted by molar-refractivity contribution is 7.92. The van der Waals surface area contributed by atoms with E-state index >= 15 is 0 Å². The van der Waals surface area contributed by atoms with Crippen LogP contribution in [0.2, 0.25) is 0 Å². The highest BCUT2D eigenvalue weighted by Gasteiger charge is 2.29. The van der Waals surface area contributed by atoms with Crippen molar-refractivity contribution in [3.8, 4) is 17.2 Å². The zero-order valence-corrected chi connectivity index (χ0v) is 22.1. The van der Waals surface area contributed by atoms with Crippen LogP contribution in [0.3, 0.4) is 0 Å². The molecule has 3 rings (SSSR count). The number of rotatable bonds is 12. The van der Waals surface area contributed by atoms with Gasteiger partial charge in [-0.2, -0.15) is 5.10 Å². The molecule has 0 aliphatic heterocycles. The summed E-state index contributed by atoms with van der Waals surface area (Å²) in [4.78, 5) is 12.8. The highest BCUT2D eigenvalue weighted by Crippen LogP contribution is 2.35. The van der Waals surface area contributed by atoms with Crippen molar-refractivity contribution in [1.29, 1.82) is 0 Å². The van der Waals surface area contributed by atoms with E-state index in [-0.39, 0.29) is 16.3 Å². The van der Waals surface area contributed by atoms with E-state index in [0.29, 0.717) is 18.3 Å². The van der Waals surface area contributed by atoms with Gasteiger partial charge in [0.05, 0.1) is 37.6 Å². The maximum Gasteiger partial charge on any atom is 0.264 e. The molecule has 0 radical (unpaired) electrons. The Bertz CT molecular complexity index is 1310. The Balaban J connectivity index is 1.79. The van der Waals surface area contributed by atoms with Crippen LogP contribution in [-0.2, 0) is 14.8 Å². The molecule has 0 spiro atoms. The van der Waals surface area contributed by atoms with Crippen LogP contribution < -0.4 is 23.9 Å². The zero-order chi connectivity index (χ0) is 26.8. The second-order valence-corrected chi connectivity index (χ2v) is 10.3. The van der Waals surface area contributed by atoms with Gasteiger partial charge >= 0.3 is 0 Å². The summed E-state index contributed by atoms with van der Waals surface area (Å²) in [6.45, 7) is 4.23. The van der Waals surface area contributed by atoms with Gasteiger partial charge < -0.3 is 14.2 Å². The SMILES string of the molecule is COc1ccc(N(CC(=O)N/N=C\c2ccc(OCC(C)C)cc2)S(=O)(=O)c2ccccc2)c(OC)c1. The normalized spacial score (nSPS) is 11.4. The molecule has 0 bridgehead atoms. The molecule has 0 atom stereocenters. The van der Waals surface area contributed by atoms with Crippen molar-refractivity contribution >= 4 is 27.8 Å². The molecule has 1 N–H and O–H groups in total. The summed E-state index contributed by atoms with van der Waals surface area (Å²) in [5.41, 5.74) is 3.32. The third-order valence-electron chi connectivity index (χ3n) is 5.14. The Morgan fingerprint density at radius 1 is 0.973 bits per heavy atom. The van der Waals surface area contributed by atoms with E-state index in [9.17, 15) is 13.2 Å². The number of nitrogens with zero attached hydrogens (tertiary/aromatic N) is 2. The van der Waals surface area contributed by atoms with Crippen LogP contribution in [0.1, 0.15) is 19.4 Å². The molecule has 0 fully saturated rings. The summed E-state index contributed by atoms with van der Waals surface area (Å²) in [5, 5.41) is 3.98. The van der Waals surface area contributed by atoms with E-state index in [4.69, 9.17) is 14.2 Å². The van der Waals surface area contributed by atoms with Gasteiger partial charge in [0, 0.05) is 6.07 Å². The zero-order valence-electron chi connectivity index (χ0n) is 21.2. The average molecular weight is 526 g/mol. The number of methoxy groups -OCH3 is 2. The summed E-state index contributed by atoms with van der Waals surface area (Å²) < 4.78 is 44.3. The van der Waals surface area contributed by atoms with Gasteiger partial charge in [-0.25, -0.2) is 13.8 Å². The number of hydrazone groups is 1. The van der Waals surface area contributed by atoms with Gasteiger partial charge in [-0.1, -0.05) is 32.0 Å². The topological polar surface area (TPSA) is 107 Å². The Kier molecular flexibility index (Phi) is 9.51. The van der Waals surface area contributed by atoms with Crippen molar-refractivity contribution in [1.82, 2.24) is 5.43 Å². The molecular weight excluding hydrogens is 494 g/mol. The van der Waals surface area contributed by atoms with E-state index in [2.05, 4.69) is 24.4 Å². The lowest BCUT2D eigenvalue weighted by molar-refractivity contribution is -0.119. The predicted octanol–water partition coefficient (Wildman–Crippen LogP) is 4.08. The summed E-state index contributed by atoms with van der Waals surface area (Å²) >= 11 is 0. The van der Waals surface area contributed by atoms with Gasteiger partial charge in [-0.15, -0.1) is 0 Å². The van der Waals surface area contributed by atoms with E-state index in [1.54, 1.807) is 42.5 Å². The average Bonchev–Trinajstić information content (AvgIpc) is 2.91. The highest BCUT2D eigenvalue weighted by atomic mass is 32.2. The summed E-state index contributed by atoms with van der Waals surface area (Å²) in [5.74, 6) is 1.23. The molecule has 3 aromatic rings. The number of hydrogen-bond donors (Lipinski definition) is 1. The van der Waals surface area contributed by atoms with Crippen LogP contribution in [0, 0.1) is 5.92 Å². The molecule has 37 heavy (non-hydrogen) atoms. The number of benzene rings is 3. The molecule has 0 aliphatic carbocycles. The summed E-state index contributed by atoms with van der Waals surface area (Å²) in [6.07, 6.45) is 1.47. The third kappa shape index (κ3) is 7.47. The molecular formula is C27H31N3O6S. The van der Waals surface area contributed by atoms with Gasteiger partial charge in [0.15, 0.2) is 0 Å². The van der Waals surface area contributed by atoms with Gasteiger partial charge in [0.2, 0.25) is 0 Å². The number of hydrogen-bond acceptors (Lipinski definition) is 7. The van der Waals surface area contributed by atoms with Crippen molar-refractivity contribution in [2.24, 2.45) is 11.0 Å². The lowest BCUT2D eigenvalue weighted by Gasteiger charge is -2.25. The fourth-order valence-corrected chi connectivity index (χ4v) is 4.72. The minimum Gasteiger partial charge on any atom is -0.497 e. The first-order valence-corrected chi connectivity index (χ1v) is 13.0. The molecule has 0 heterocycles. The Morgan fingerprint density at radius 3 is 2.27 bits per heavy atom. The Labute approximate surface area is 217 Å². The monoisotopic (exact) mass is 525 g/mol. The molecule has 0 aliphatic rings. The van der Waals surface area contributed by atoms with Crippen LogP contribution >= 0.6 is 0 Å². The van der Waals surface area contributed by atoms with E-state index in [1.807, 2.05) is 12.1 Å². The molecule has 196 valence electrons. The molecule has 1 amide bonds. The minimum absolute atomic E-state index is 0.0314. The smallest absolute Gasteiger partial charge is 0.264 e. The fraction of sp³-hybridized carbons (Fsp3) is 0.259. The maximum atomic E-state index is 13.5. The van der Waals surface area contributed by atoms with Gasteiger partial charge in [-0.3, -0.25) is 9.10 Å². The first kappa shape index (κ1) is 27.5. The molecule has 3 aromatic carbocycles. The standard InChI is InChI=1S/C27H31N3O6S/c1-20(2)19-36-22-12-10-21(11-13-22)17-28-29-27(31)18-30(37(32,33)24-8-6-5-7-9-24)25-15-14-23(34-3)16-26(25)35-4/h5-17,20H,18-19H2,1-4H3,(H,29,31)/b28-17-. The van der Waals surface area contributed by atoms with Gasteiger partial charge in [-0.05, 0) is 60.0 Å². The van der Waals surface area contributed by atoms with Gasteiger partial charge in [0.25, 0.3) is 15.9 Å². The van der Waals surface area contributed by atoms with Crippen LogP contribution in [0.5, 0.6) is 17.2 Å². The number of sulfonamides is 1. The number of ether oxygens (including phenoxy) is 3. The van der Waals surface area contributed by atoms with Crippen molar-refractivity contribution in [2.45, 2.75) is 18.7 Å². The van der Waals surface area contributed by atoms with Crippen molar-refractivity contribution in [2.75, 3.05) is 31.7 Å². The Hall–Kier alpha value is -4.05. The second-order valence-electron chi connectivity index (χ2n) is 8.43. The maximum absolute atomic E-state index is 13.5. The van der Waals surface area contributed by atoms with E-state index < -0.39 is 22.5 Å². The predicted molar refractivity (Wildman–Crippen MR) is 143 cm³/mol. The molecule has 0 saturated carbocycles. The van der Waals surface area contributed by atoms with Crippen LogP contribution in [-0.4, -0.2) is 47.9 Å². The molecule has 0 unspecified atom stereocenters. The molecule has 9 nitrogen and oxygen atoms in total. The largest absolute Gasteiger partial charge is 0.497 e. The Morgan fingerprint density at radius 2 is 1.65 bits per heavy atom. The first-order chi connectivity index (χ1) is 17.7. The number of anilines is 1. The third-order valence-corrected chi connectivity index (χ3v) is 6.91. The van der Waals surface area contributed by atoms with Gasteiger partial charge in [0.1, 0.15) is 23.8 Å². The van der Waals surface area contributed by atoms with Crippen LogP contribution in [0.15, 0.2) is 82.8 Å². The minimum atomic E-state index is -4.11. The summed E-state index contributed by atoms with van der Waals surface area (Å²) in [7, 11) is -1.21. The van der Waals surface area contributed by atoms with E-state index in [0.717, 1.165) is 15.6 Å². The van der Waals surface area contributed by atoms with Crippen molar-refractivity contribution in [3.05, 3.63) is 78.4 Å². The van der Waals surface area contributed by atoms with Crippen molar-refractivity contribution < 1.29 is 27.4 Å². The van der Waals surface area contributed by atoms with Crippen LogP contribution in [0.25, 0.3) is 0 Å². The van der Waals surface area contributed by atoms with E-state index in [1.165, 1.54) is 38.6 Å². The lowest BCUT2D eigenvalue weighted by atomic mass is 10.2. The second kappa shape index (κ2) is 12.8. The fourth-order valence-electron chi connectivity index (χ4n) is 3.27. The molecule has 10 heteroatoms. The number of nitrogens with one attached hydrogen (secondary N) is 1. The molecule has 0 aromatic heterocycles. The first-order valence-electron chi connectivity index (χ1n) is 11.6. The quantitative estimate of drug-likeness (QED) is 0.282. The number of amides is 1. The van der Waals surface area contributed by atoms with Crippen LogP contribution in [0.4, 0.5) is 5.69 Å². The number of carbonyl (C=O) groups excluding carboxylic acids is 1. The van der Waals surface area contributed by atoms with Crippen molar-refractivity contribution in [3.63, 3.8) is 0 Å². The molecule has 0 saturated heterocycles.